The number of anilines is 1. The Morgan fingerprint density at radius 1 is 1.14 bits per heavy atom. The first-order valence-corrected chi connectivity index (χ1v) is 7.84. The Kier molecular flexibility index (Phi) is 5.79. The third kappa shape index (κ3) is 4.94. The van der Waals surface area contributed by atoms with Crippen LogP contribution >= 0.6 is 0 Å². The molecular weight excluding hydrogens is 411 g/mol. The van der Waals surface area contributed by atoms with Crippen molar-refractivity contribution >= 4 is 11.6 Å². The van der Waals surface area contributed by atoms with Crippen molar-refractivity contribution in [3.8, 4) is 11.3 Å². The number of nitrogens with one attached hydrogen (secondary N) is 1. The third-order valence-electron chi connectivity index (χ3n) is 3.89. The predicted molar refractivity (Wildman–Crippen MR) is 88.1 cm³/mol. The molecule has 0 saturated heterocycles. The van der Waals surface area contributed by atoms with Crippen molar-refractivity contribution < 1.29 is 40.6 Å². The predicted octanol–water partition coefficient (Wildman–Crippen LogP) is 3.53. The summed E-state index contributed by atoms with van der Waals surface area (Å²) in [4.78, 5) is 15.7. The second kappa shape index (κ2) is 7.50. The molecule has 1 aromatic heterocycles. The summed E-state index contributed by atoms with van der Waals surface area (Å²) in [6, 6.07) is 4.11. The Bertz CT molecular complexity index is 907. The van der Waals surface area contributed by atoms with Gasteiger partial charge in [-0.2, -0.15) is 26.3 Å². The van der Waals surface area contributed by atoms with Crippen molar-refractivity contribution in [1.82, 2.24) is 10.3 Å². The maximum atomic E-state index is 13.3. The number of rotatable bonds is 4. The summed E-state index contributed by atoms with van der Waals surface area (Å²) < 4.78 is 91.1. The monoisotopic (exact) mass is 425 g/mol. The molecule has 0 radical (unpaired) electrons. The zero-order valence-corrected chi connectivity index (χ0v) is 14.6. The molecule has 29 heavy (non-hydrogen) atoms. The van der Waals surface area contributed by atoms with E-state index in [1.54, 1.807) is 5.32 Å². The van der Waals surface area contributed by atoms with Crippen LogP contribution in [0.15, 0.2) is 30.3 Å². The lowest BCUT2D eigenvalue weighted by Gasteiger charge is -2.26. The number of pyridine rings is 1. The lowest BCUT2D eigenvalue weighted by atomic mass is 10.0. The number of nitrogen functional groups attached to an aromatic ring is 1. The number of aromatic nitrogens is 1. The Hall–Kier alpha value is -2.89. The van der Waals surface area contributed by atoms with E-state index in [-0.39, 0.29) is 5.56 Å². The van der Waals surface area contributed by atoms with Crippen molar-refractivity contribution in [1.29, 1.82) is 0 Å². The molecule has 158 valence electrons. The number of halogens is 7. The number of carbonyl (C=O) groups is 1. The van der Waals surface area contributed by atoms with Gasteiger partial charge in [0, 0.05) is 5.56 Å². The van der Waals surface area contributed by atoms with Gasteiger partial charge >= 0.3 is 12.4 Å². The van der Waals surface area contributed by atoms with Crippen LogP contribution in [0.5, 0.6) is 0 Å². The Labute approximate surface area is 159 Å². The highest BCUT2D eigenvalue weighted by Crippen LogP contribution is 2.38. The van der Waals surface area contributed by atoms with Crippen molar-refractivity contribution in [2.75, 3.05) is 12.3 Å². The molecule has 2 rings (SSSR count). The van der Waals surface area contributed by atoms with E-state index in [0.29, 0.717) is 13.0 Å². The lowest BCUT2D eigenvalue weighted by molar-refractivity contribution is -0.249. The molecule has 4 N–H and O–H groups in total. The second-order valence-corrected chi connectivity index (χ2v) is 6.28. The first-order valence-electron chi connectivity index (χ1n) is 7.84. The zero-order valence-electron chi connectivity index (χ0n) is 14.6. The van der Waals surface area contributed by atoms with Gasteiger partial charge in [0.25, 0.3) is 5.91 Å². The number of alkyl halides is 6. The third-order valence-corrected chi connectivity index (χ3v) is 3.89. The van der Waals surface area contributed by atoms with Gasteiger partial charge in [-0.15, -0.1) is 0 Å². The van der Waals surface area contributed by atoms with E-state index in [0.717, 1.165) is 24.3 Å². The van der Waals surface area contributed by atoms with Crippen LogP contribution in [0.4, 0.5) is 36.4 Å². The molecule has 1 heterocycles. The van der Waals surface area contributed by atoms with Crippen molar-refractivity contribution in [2.45, 2.75) is 24.9 Å². The number of nitrogens with two attached hydrogens (primary N) is 1. The van der Waals surface area contributed by atoms with E-state index in [4.69, 9.17) is 5.73 Å². The summed E-state index contributed by atoms with van der Waals surface area (Å²) >= 11 is 0. The van der Waals surface area contributed by atoms with Crippen LogP contribution in [0, 0.1) is 5.82 Å². The molecular formula is C17H14F7N3O2. The largest absolute Gasteiger partial charge is 0.418 e. The van der Waals surface area contributed by atoms with Crippen molar-refractivity contribution in [2.24, 2.45) is 0 Å². The summed E-state index contributed by atoms with van der Waals surface area (Å²) in [5, 5.41) is 11.1. The summed E-state index contributed by atoms with van der Waals surface area (Å²) in [7, 11) is 0. The van der Waals surface area contributed by atoms with Crippen LogP contribution in [-0.2, 0) is 6.18 Å². The molecule has 0 bridgehead atoms. The fourth-order valence-corrected chi connectivity index (χ4v) is 2.19. The zero-order chi connectivity index (χ0) is 22.2. The van der Waals surface area contributed by atoms with Gasteiger partial charge in [-0.05, 0) is 37.3 Å². The van der Waals surface area contributed by atoms with Gasteiger partial charge in [0.1, 0.15) is 5.82 Å². The second-order valence-electron chi connectivity index (χ2n) is 6.28. The van der Waals surface area contributed by atoms with Gasteiger partial charge in [0.15, 0.2) is 11.3 Å². The minimum Gasteiger partial charge on any atom is -0.397 e. The molecule has 0 aliphatic carbocycles. The molecule has 1 aromatic carbocycles. The molecule has 12 heteroatoms. The SMILES string of the molecule is C[C@@](O)(CNC(=O)c1nc(-c2ccc(F)cc2)c(C(F)(F)F)cc1N)C(F)(F)F. The smallest absolute Gasteiger partial charge is 0.397 e. The van der Waals surface area contributed by atoms with Crippen LogP contribution in [-0.4, -0.2) is 34.3 Å². The van der Waals surface area contributed by atoms with Crippen LogP contribution in [0.1, 0.15) is 23.0 Å². The number of nitrogens with zero attached hydrogens (tertiary/aromatic N) is 1. The fraction of sp³-hybridized carbons (Fsp3) is 0.294. The van der Waals surface area contributed by atoms with Gasteiger partial charge in [0.2, 0.25) is 0 Å². The molecule has 0 saturated carbocycles. The Morgan fingerprint density at radius 3 is 2.17 bits per heavy atom. The summed E-state index contributed by atoms with van der Waals surface area (Å²) in [6.07, 6.45) is -10.0. The first-order chi connectivity index (χ1) is 13.1. The van der Waals surface area contributed by atoms with Crippen molar-refractivity contribution in [3.63, 3.8) is 0 Å². The van der Waals surface area contributed by atoms with Crippen molar-refractivity contribution in [3.05, 3.63) is 47.4 Å². The lowest BCUT2D eigenvalue weighted by Crippen LogP contribution is -2.51. The van der Waals surface area contributed by atoms with Gasteiger partial charge in [-0.25, -0.2) is 9.37 Å². The average molecular weight is 425 g/mol. The van der Waals surface area contributed by atoms with E-state index < -0.39 is 58.9 Å². The van der Waals surface area contributed by atoms with Crippen LogP contribution < -0.4 is 11.1 Å². The van der Waals surface area contributed by atoms with E-state index in [1.165, 1.54) is 0 Å². The highest BCUT2D eigenvalue weighted by molar-refractivity contribution is 5.98. The quantitative estimate of drug-likeness (QED) is 0.654. The summed E-state index contributed by atoms with van der Waals surface area (Å²) in [6.45, 7) is -0.885. The maximum absolute atomic E-state index is 13.3. The Balaban J connectivity index is 2.47. The van der Waals surface area contributed by atoms with Gasteiger partial charge in [-0.1, -0.05) is 0 Å². The minimum absolute atomic E-state index is 0.199. The van der Waals surface area contributed by atoms with Gasteiger partial charge < -0.3 is 16.2 Å². The molecule has 1 amide bonds. The molecule has 0 aliphatic heterocycles. The van der Waals surface area contributed by atoms with Gasteiger partial charge in [0.05, 0.1) is 23.5 Å². The van der Waals surface area contributed by atoms with Crippen LogP contribution in [0.3, 0.4) is 0 Å². The highest BCUT2D eigenvalue weighted by atomic mass is 19.4. The first kappa shape index (κ1) is 22.4. The normalized spacial score (nSPS) is 14.4. The molecule has 0 fully saturated rings. The van der Waals surface area contributed by atoms with E-state index in [2.05, 4.69) is 4.98 Å². The minimum atomic E-state index is -5.07. The van der Waals surface area contributed by atoms with Gasteiger partial charge in [-0.3, -0.25) is 4.79 Å². The Morgan fingerprint density at radius 2 is 1.69 bits per heavy atom. The number of carbonyl (C=O) groups excluding carboxylic acids is 1. The maximum Gasteiger partial charge on any atom is 0.418 e. The fourth-order valence-electron chi connectivity index (χ4n) is 2.19. The van der Waals surface area contributed by atoms with E-state index >= 15 is 0 Å². The standard InChI is InChI=1S/C17H14F7N3O2/c1-15(29,17(22,23)24)7-26-14(28)13-11(25)6-10(16(19,20)21)12(27-13)8-2-4-9(18)5-3-8/h2-6,29H,7,25H2,1H3,(H,26,28)/t15-/m1/s1. The van der Waals surface area contributed by atoms with E-state index in [1.807, 2.05) is 0 Å². The molecule has 2 aromatic rings. The van der Waals surface area contributed by atoms with Crippen LogP contribution in [0.2, 0.25) is 0 Å². The van der Waals surface area contributed by atoms with Crippen LogP contribution in [0.25, 0.3) is 11.3 Å². The number of hydrogen-bond acceptors (Lipinski definition) is 4. The topological polar surface area (TPSA) is 88.2 Å². The molecule has 1 atom stereocenters. The summed E-state index contributed by atoms with van der Waals surface area (Å²) in [5.74, 6) is -2.06. The number of hydrogen-bond donors (Lipinski definition) is 3. The molecule has 5 nitrogen and oxygen atoms in total. The number of benzene rings is 1. The number of aliphatic hydroxyl groups is 1. The molecule has 0 unspecified atom stereocenters. The molecule has 0 spiro atoms. The van der Waals surface area contributed by atoms with E-state index in [9.17, 15) is 40.6 Å². The molecule has 0 aliphatic rings. The number of amides is 1. The summed E-state index contributed by atoms with van der Waals surface area (Å²) in [5.41, 5.74) is -1.65. The average Bonchev–Trinajstić information content (AvgIpc) is 2.58. The highest BCUT2D eigenvalue weighted by Gasteiger charge is 2.50.